The second-order valence-electron chi connectivity index (χ2n) is 15.5. The van der Waals surface area contributed by atoms with Crippen molar-refractivity contribution < 1.29 is 73.5 Å². The van der Waals surface area contributed by atoms with E-state index in [1.807, 2.05) is 5.32 Å². The number of benzene rings is 2. The fraction of sp³-hybridized carbons (Fsp3) is 0.488. The number of aromatic hydroxyl groups is 1. The van der Waals surface area contributed by atoms with Crippen LogP contribution in [0.15, 0.2) is 54.6 Å². The van der Waals surface area contributed by atoms with Crippen molar-refractivity contribution >= 4 is 59.2 Å². The van der Waals surface area contributed by atoms with Gasteiger partial charge in [0.2, 0.25) is 47.3 Å². The highest BCUT2D eigenvalue weighted by Gasteiger charge is 2.37. The zero-order valence-electron chi connectivity index (χ0n) is 36.9. The summed E-state index contributed by atoms with van der Waals surface area (Å²) in [6, 6.07) is 2.19. The number of hydrogen-bond acceptors (Lipinski definition) is 13. The highest BCUT2D eigenvalue weighted by molar-refractivity contribution is 5.98. The minimum Gasteiger partial charge on any atom is -0.508 e. The topological polar surface area (TPSA) is 382 Å². The number of nitrogens with one attached hydrogen (secondary N) is 7. The number of hydrogen-bond donors (Lipinski definition) is 13. The van der Waals surface area contributed by atoms with E-state index in [-0.39, 0.29) is 30.1 Å². The van der Waals surface area contributed by atoms with Gasteiger partial charge in [0.05, 0.1) is 6.61 Å². The van der Waals surface area contributed by atoms with E-state index >= 15 is 0 Å². The Morgan fingerprint density at radius 2 is 1.08 bits per heavy atom. The molecule has 0 aliphatic heterocycles. The van der Waals surface area contributed by atoms with Crippen LogP contribution in [0.3, 0.4) is 0 Å². The predicted molar refractivity (Wildman–Crippen MR) is 232 cm³/mol. The van der Waals surface area contributed by atoms with Gasteiger partial charge in [-0.25, -0.2) is 4.79 Å². The Bertz CT molecular complexity index is 2020. The van der Waals surface area contributed by atoms with E-state index in [1.165, 1.54) is 31.2 Å². The Hall–Kier alpha value is -7.14. The molecule has 9 atom stereocenters. The van der Waals surface area contributed by atoms with Crippen molar-refractivity contribution in [1.29, 1.82) is 0 Å². The highest BCUT2D eigenvalue weighted by Crippen LogP contribution is 2.14. The van der Waals surface area contributed by atoms with Gasteiger partial charge < -0.3 is 68.5 Å². The summed E-state index contributed by atoms with van der Waals surface area (Å²) >= 11 is 0. The summed E-state index contributed by atoms with van der Waals surface area (Å²) in [4.78, 5) is 129. The molecule has 2 aromatic carbocycles. The quantitative estimate of drug-likeness (QED) is 0.0411. The number of aliphatic carboxylic acids is 2. The number of carboxylic acids is 2. The van der Waals surface area contributed by atoms with E-state index in [9.17, 15) is 73.5 Å². The van der Waals surface area contributed by atoms with Crippen LogP contribution in [0.2, 0.25) is 0 Å². The number of amides is 8. The molecule has 23 nitrogen and oxygen atoms in total. The fourth-order valence-electron chi connectivity index (χ4n) is 6.23. The van der Waals surface area contributed by atoms with Gasteiger partial charge in [0.1, 0.15) is 42.0 Å². The minimum atomic E-state index is -2.40. The molecule has 23 heteroatoms. The molecule has 14 N–H and O–H groups in total. The van der Waals surface area contributed by atoms with E-state index in [0.29, 0.717) is 18.4 Å². The molecule has 0 heterocycles. The summed E-state index contributed by atoms with van der Waals surface area (Å²) in [5.74, 6) is -11.9. The van der Waals surface area contributed by atoms with Crippen molar-refractivity contribution in [1.82, 2.24) is 37.2 Å². The van der Waals surface area contributed by atoms with Gasteiger partial charge in [-0.2, -0.15) is 0 Å². The summed E-state index contributed by atoms with van der Waals surface area (Å²) in [6.45, 7) is 5.54. The lowest BCUT2D eigenvalue weighted by atomic mass is 9.96. The molecule has 0 spiro atoms. The highest BCUT2D eigenvalue weighted by atomic mass is 16.4. The number of phenolic OH excluding ortho intramolecular Hbond substituents is 1. The summed E-state index contributed by atoms with van der Waals surface area (Å²) in [5.41, 5.74) is 5.85. The smallest absolute Gasteiger partial charge is 0.329 e. The third kappa shape index (κ3) is 18.2. The summed E-state index contributed by atoms with van der Waals surface area (Å²) < 4.78 is 0. The van der Waals surface area contributed by atoms with Crippen molar-refractivity contribution in [3.05, 3.63) is 65.7 Å². The van der Waals surface area contributed by atoms with Gasteiger partial charge >= 0.3 is 11.9 Å². The summed E-state index contributed by atoms with van der Waals surface area (Å²) in [6.07, 6.45) is -3.14. The Labute approximate surface area is 380 Å². The van der Waals surface area contributed by atoms with Crippen LogP contribution < -0.4 is 43.0 Å². The third-order valence-corrected chi connectivity index (χ3v) is 10.2. The number of nitrogens with two attached hydrogens (primary N) is 1. The maximum absolute atomic E-state index is 14.1. The number of aliphatic hydroxyl groups excluding tert-OH is 2. The molecule has 1 unspecified atom stereocenters. The summed E-state index contributed by atoms with van der Waals surface area (Å²) in [5, 5.41) is 65.6. The Kier molecular flexibility index (Phi) is 22.7. The molecule has 0 fully saturated rings. The van der Waals surface area contributed by atoms with E-state index in [1.54, 1.807) is 51.1 Å². The van der Waals surface area contributed by atoms with Crippen LogP contribution in [0.4, 0.5) is 0 Å². The number of carbonyl (C=O) groups excluding carboxylic acids is 8. The van der Waals surface area contributed by atoms with Crippen molar-refractivity contribution in [3.63, 3.8) is 0 Å². The first-order valence-electron chi connectivity index (χ1n) is 21.1. The van der Waals surface area contributed by atoms with Gasteiger partial charge in [0, 0.05) is 25.7 Å². The molecular formula is C43H60N8O15. The average Bonchev–Trinajstić information content (AvgIpc) is 3.27. The molecule has 66 heavy (non-hydrogen) atoms. The third-order valence-electron chi connectivity index (χ3n) is 10.2. The Morgan fingerprint density at radius 1 is 0.591 bits per heavy atom. The number of carbonyl (C=O) groups is 10. The molecule has 0 aliphatic carbocycles. The average molecular weight is 929 g/mol. The van der Waals surface area contributed by atoms with Crippen LogP contribution in [-0.2, 0) is 60.8 Å². The molecule has 2 rings (SSSR count). The maximum atomic E-state index is 14.1. The van der Waals surface area contributed by atoms with Crippen molar-refractivity contribution in [2.75, 3.05) is 6.61 Å². The predicted octanol–water partition coefficient (Wildman–Crippen LogP) is -2.77. The van der Waals surface area contributed by atoms with Gasteiger partial charge in [-0.05, 0) is 48.9 Å². The van der Waals surface area contributed by atoms with E-state index in [2.05, 4.69) is 31.9 Å². The van der Waals surface area contributed by atoms with E-state index in [4.69, 9.17) is 5.73 Å². The van der Waals surface area contributed by atoms with E-state index < -0.39 is 133 Å². The fourth-order valence-corrected chi connectivity index (χ4v) is 6.23. The lowest BCUT2D eigenvalue weighted by Gasteiger charge is -2.29. The molecule has 0 saturated carbocycles. The van der Waals surface area contributed by atoms with Gasteiger partial charge in [-0.15, -0.1) is 0 Å². The Balaban J connectivity index is 2.42. The molecular weight excluding hydrogens is 869 g/mol. The van der Waals surface area contributed by atoms with Gasteiger partial charge in [-0.1, -0.05) is 69.7 Å². The van der Waals surface area contributed by atoms with Crippen LogP contribution in [0.5, 0.6) is 5.75 Å². The molecule has 362 valence electrons. The first-order valence-corrected chi connectivity index (χ1v) is 21.1. The number of carboxylic acid groups (broad SMARTS) is 2. The van der Waals surface area contributed by atoms with Crippen LogP contribution in [0, 0.1) is 5.92 Å². The molecule has 0 saturated heterocycles. The standard InChI is InChI=1S/C43H60N8O15/c1-5-10-31(54)45-23(4)37(59)50-33(22(3)6-2)42(64)48-28(19-24-11-8-7-9-12-24)39(61)46-27(17-18-32(55)56)38(60)49-30(21-52)41(63)47-29(20-25-13-15-26(53)16-14-25)40(62)51-34(43(65)66)35(57)36(44)58/h7-9,11-16,22-23,27-30,33-35,52-53,57H,5-6,10,17-21H2,1-4H3,(H2,44,58)(H,45,54)(H,46,61)(H,47,63)(H,48,64)(H,49,60)(H,50,59)(H,51,62)(H,55,56)(H,65,66)/t22-,23-,27-,28-,29-,30-,33-,34-,35?/m0/s1. The van der Waals surface area contributed by atoms with Crippen LogP contribution in [0.25, 0.3) is 0 Å². The zero-order valence-corrected chi connectivity index (χ0v) is 36.9. The summed E-state index contributed by atoms with van der Waals surface area (Å²) in [7, 11) is 0. The van der Waals surface area contributed by atoms with E-state index in [0.717, 1.165) is 0 Å². The number of phenols is 1. The van der Waals surface area contributed by atoms with Crippen LogP contribution in [0.1, 0.15) is 70.9 Å². The lowest BCUT2D eigenvalue weighted by molar-refractivity contribution is -0.149. The van der Waals surface area contributed by atoms with Gasteiger partial charge in [0.15, 0.2) is 12.1 Å². The Morgan fingerprint density at radius 3 is 1.59 bits per heavy atom. The minimum absolute atomic E-state index is 0.165. The molecule has 0 aliphatic rings. The molecule has 0 radical (unpaired) electrons. The number of rotatable bonds is 28. The molecule has 2 aromatic rings. The van der Waals surface area contributed by atoms with Gasteiger partial charge in [-0.3, -0.25) is 43.2 Å². The molecule has 0 aromatic heterocycles. The molecule has 0 bridgehead atoms. The zero-order chi connectivity index (χ0) is 49.7. The largest absolute Gasteiger partial charge is 0.508 e. The SMILES string of the molecule is CCCC(=O)N[C@@H](C)C(=O)N[C@H](C(=O)N[C@@H](Cc1ccccc1)C(=O)N[C@@H](CCC(=O)O)C(=O)N[C@@H](CO)C(=O)N[C@@H](Cc1ccc(O)cc1)C(=O)N[C@H](C(=O)O)C(O)C(N)=O)[C@@H](C)CC. The van der Waals surface area contributed by atoms with Crippen molar-refractivity contribution in [2.24, 2.45) is 11.7 Å². The maximum Gasteiger partial charge on any atom is 0.329 e. The lowest BCUT2D eigenvalue weighted by Crippen LogP contribution is -2.62. The number of aliphatic hydroxyl groups is 2. The molecule has 8 amide bonds. The second-order valence-corrected chi connectivity index (χ2v) is 15.5. The van der Waals surface area contributed by atoms with Crippen LogP contribution in [-0.4, -0.2) is 140 Å². The van der Waals surface area contributed by atoms with Gasteiger partial charge in [0.25, 0.3) is 0 Å². The van der Waals surface area contributed by atoms with Crippen molar-refractivity contribution in [3.8, 4) is 5.75 Å². The van der Waals surface area contributed by atoms with Crippen LogP contribution >= 0.6 is 0 Å². The second kappa shape index (κ2) is 27.2. The first-order chi connectivity index (χ1) is 31.1. The monoisotopic (exact) mass is 928 g/mol. The number of primary amides is 1. The normalized spacial score (nSPS) is 15.0. The van der Waals surface area contributed by atoms with Crippen molar-refractivity contribution in [2.45, 2.75) is 121 Å². The first kappa shape index (κ1) is 55.0.